The van der Waals surface area contributed by atoms with Gasteiger partial charge in [-0.05, 0) is 55.5 Å². The maximum Gasteiger partial charge on any atom is 0.237 e. The highest BCUT2D eigenvalue weighted by Gasteiger charge is 2.21. The highest BCUT2D eigenvalue weighted by atomic mass is 15.2. The van der Waals surface area contributed by atoms with Gasteiger partial charge in [-0.2, -0.15) is 4.98 Å². The predicted molar refractivity (Wildman–Crippen MR) is 215 cm³/mol. The molecule has 0 amide bonds. The summed E-state index contributed by atoms with van der Waals surface area (Å²) >= 11 is 0. The molecule has 11 aromatic rings. The van der Waals surface area contributed by atoms with Gasteiger partial charge in [0.05, 0.1) is 51.3 Å². The van der Waals surface area contributed by atoms with Gasteiger partial charge in [0.15, 0.2) is 0 Å². The van der Waals surface area contributed by atoms with Gasteiger partial charge in [-0.3, -0.25) is 9.13 Å². The lowest BCUT2D eigenvalue weighted by atomic mass is 10.1. The van der Waals surface area contributed by atoms with Crippen LogP contribution >= 0.6 is 0 Å². The minimum absolute atomic E-state index is 0.372. The summed E-state index contributed by atoms with van der Waals surface area (Å²) < 4.78 is 48.7. The first-order valence-electron chi connectivity index (χ1n) is 19.7. The topological polar surface area (TPSA) is 40.6 Å². The molecule has 0 saturated heterocycles. The third-order valence-electron chi connectivity index (χ3n) is 10.2. The number of nitrogens with zero attached hydrogens (tertiary/aromatic N) is 5. The van der Waals surface area contributed by atoms with E-state index in [2.05, 4.69) is 46.4 Å². The summed E-state index contributed by atoms with van der Waals surface area (Å²) in [4.78, 5) is 10.8. The Morgan fingerprint density at radius 3 is 1.48 bits per heavy atom. The Bertz CT molecular complexity index is 3180. The molecule has 0 unspecified atom stereocenters. The zero-order valence-corrected chi connectivity index (χ0v) is 28.0. The van der Waals surface area contributed by atoms with E-state index < -0.39 is 0 Å². The molecule has 0 aliphatic heterocycles. The van der Waals surface area contributed by atoms with Crippen molar-refractivity contribution in [2.45, 2.75) is 6.92 Å². The molecule has 0 aliphatic rings. The highest BCUT2D eigenvalue weighted by molar-refractivity contribution is 6.11. The van der Waals surface area contributed by atoms with Crippen LogP contribution in [-0.2, 0) is 0 Å². The lowest BCUT2D eigenvalue weighted by Gasteiger charge is -2.16. The van der Waals surface area contributed by atoms with Crippen LogP contribution in [0.1, 0.15) is 12.4 Å². The van der Waals surface area contributed by atoms with Crippen LogP contribution in [0.4, 0.5) is 0 Å². The van der Waals surface area contributed by atoms with Gasteiger partial charge in [0.25, 0.3) is 0 Å². The van der Waals surface area contributed by atoms with Gasteiger partial charge in [0.2, 0.25) is 5.95 Å². The molecule has 0 fully saturated rings. The molecule has 5 nitrogen and oxygen atoms in total. The summed E-state index contributed by atoms with van der Waals surface area (Å²) in [5, 5.41) is 5.45. The molecule has 7 aromatic carbocycles. The van der Waals surface area contributed by atoms with Crippen LogP contribution in [0.25, 0.3) is 94.1 Å². The number of hydrogen-bond acceptors (Lipinski definition) is 2. The van der Waals surface area contributed by atoms with Crippen molar-refractivity contribution in [3.63, 3.8) is 0 Å². The number of hydrogen-bond donors (Lipinski definition) is 0. The fourth-order valence-electron chi connectivity index (χ4n) is 8.00. The smallest absolute Gasteiger partial charge is 0.237 e. The van der Waals surface area contributed by atoms with Gasteiger partial charge in [0, 0.05) is 43.9 Å². The van der Waals surface area contributed by atoms with Crippen LogP contribution in [0, 0.1) is 6.92 Å². The Morgan fingerprint density at radius 1 is 0.423 bits per heavy atom. The van der Waals surface area contributed by atoms with Gasteiger partial charge in [-0.25, -0.2) is 4.98 Å². The van der Waals surface area contributed by atoms with E-state index in [1.807, 2.05) is 83.4 Å². The summed E-state index contributed by atoms with van der Waals surface area (Å²) in [5.74, 6) is 1.06. The maximum absolute atomic E-state index is 8.52. The SMILES string of the molecule is [2H]c1ccc2c(c1)c1cc(C)ccc1n2-c1cc(-c2ccccc2-n2c3ccc([2H])cc3c3cc([2H])ccc32)nc(-n2c3ccc([2H])cc3c3cc([2H])ccc32)n1. The van der Waals surface area contributed by atoms with Gasteiger partial charge < -0.3 is 4.57 Å². The second-order valence-electron chi connectivity index (χ2n) is 13.2. The Balaban J connectivity index is 1.27. The van der Waals surface area contributed by atoms with Crippen molar-refractivity contribution >= 4 is 65.4 Å². The molecule has 0 atom stereocenters. The van der Waals surface area contributed by atoms with Crippen molar-refractivity contribution in [1.82, 2.24) is 23.7 Å². The van der Waals surface area contributed by atoms with Crippen molar-refractivity contribution in [2.75, 3.05) is 0 Å². The Kier molecular flexibility index (Phi) is 5.13. The first kappa shape index (κ1) is 24.2. The van der Waals surface area contributed by atoms with E-state index in [1.54, 1.807) is 30.3 Å². The summed E-state index contributed by atoms with van der Waals surface area (Å²) in [6.07, 6.45) is 0. The van der Waals surface area contributed by atoms with E-state index in [0.29, 0.717) is 47.7 Å². The summed E-state index contributed by atoms with van der Waals surface area (Å²) in [5.41, 5.74) is 8.83. The molecule has 4 aromatic heterocycles. The highest BCUT2D eigenvalue weighted by Crippen LogP contribution is 2.39. The molecule has 244 valence electrons. The van der Waals surface area contributed by atoms with Gasteiger partial charge in [0.1, 0.15) is 5.82 Å². The van der Waals surface area contributed by atoms with Crippen LogP contribution in [0.5, 0.6) is 0 Å². The minimum atomic E-state index is 0.372. The Labute approximate surface area is 306 Å². The molecular formula is C47H31N5. The summed E-state index contributed by atoms with van der Waals surface area (Å²) in [6.45, 7) is 2.07. The monoisotopic (exact) mass is 670 g/mol. The van der Waals surface area contributed by atoms with Crippen LogP contribution < -0.4 is 0 Å². The van der Waals surface area contributed by atoms with Crippen LogP contribution in [0.3, 0.4) is 0 Å². The normalized spacial score (nSPS) is 13.3. The number of para-hydroxylation sites is 6. The molecule has 4 heterocycles. The number of aromatic nitrogens is 5. The molecule has 5 heteroatoms. The molecule has 0 spiro atoms. The molecule has 11 rings (SSSR count). The quantitative estimate of drug-likeness (QED) is 0.187. The minimum Gasteiger partial charge on any atom is -0.309 e. The van der Waals surface area contributed by atoms with E-state index in [4.69, 9.17) is 16.8 Å². The van der Waals surface area contributed by atoms with Crippen molar-refractivity contribution in [1.29, 1.82) is 0 Å². The van der Waals surface area contributed by atoms with Crippen molar-refractivity contribution < 1.29 is 6.85 Å². The predicted octanol–water partition coefficient (Wildman–Crippen LogP) is 11.7. The molecule has 0 bridgehead atoms. The number of aryl methyl sites for hydroxylation is 1. The van der Waals surface area contributed by atoms with E-state index in [9.17, 15) is 0 Å². The first-order valence-corrected chi connectivity index (χ1v) is 17.2. The summed E-state index contributed by atoms with van der Waals surface area (Å²) in [6, 6.07) is 46.4. The second-order valence-corrected chi connectivity index (χ2v) is 13.2. The lowest BCUT2D eigenvalue weighted by molar-refractivity contribution is 0.951. The molecule has 0 N–H and O–H groups in total. The average Bonchev–Trinajstić information content (AvgIpc) is 3.81. The molecular weight excluding hydrogens is 635 g/mol. The van der Waals surface area contributed by atoms with Crippen LogP contribution in [0.2, 0.25) is 0 Å². The number of benzene rings is 7. The number of fused-ring (bicyclic) bond motifs is 9. The van der Waals surface area contributed by atoms with Gasteiger partial charge in [-0.15, -0.1) is 0 Å². The van der Waals surface area contributed by atoms with Gasteiger partial charge in [-0.1, -0.05) is 121 Å². The van der Waals surface area contributed by atoms with Crippen LogP contribution in [0.15, 0.2) is 170 Å². The second kappa shape index (κ2) is 11.0. The fourth-order valence-corrected chi connectivity index (χ4v) is 8.00. The third-order valence-corrected chi connectivity index (χ3v) is 10.2. The zero-order valence-electron chi connectivity index (χ0n) is 33.0. The molecule has 0 aliphatic carbocycles. The largest absolute Gasteiger partial charge is 0.309 e. The zero-order chi connectivity index (χ0) is 38.7. The maximum atomic E-state index is 8.52. The van der Waals surface area contributed by atoms with E-state index in [0.717, 1.165) is 82.2 Å². The van der Waals surface area contributed by atoms with E-state index in [1.165, 1.54) is 0 Å². The summed E-state index contributed by atoms with van der Waals surface area (Å²) in [7, 11) is 0. The Hall–Kier alpha value is -6.98. The van der Waals surface area contributed by atoms with Crippen molar-refractivity contribution in [3.8, 4) is 28.7 Å². The molecule has 0 radical (unpaired) electrons. The van der Waals surface area contributed by atoms with Crippen molar-refractivity contribution in [3.05, 3.63) is 175 Å². The van der Waals surface area contributed by atoms with Crippen molar-refractivity contribution in [2.24, 2.45) is 0 Å². The third kappa shape index (κ3) is 4.11. The first-order chi connectivity index (χ1) is 27.7. The van der Waals surface area contributed by atoms with Crippen LogP contribution in [-0.4, -0.2) is 23.7 Å². The standard InChI is InChI=1S/C47H31N5/c1-30-26-27-45-37(28-30)35-18-6-10-22-41(35)51(45)46-29-38(48-47(49-46)52-42-23-11-4-16-33(42)34-17-5-12-24-43(34)52)36-19-7-13-25-44(36)50-39-20-8-2-14-31(39)32-15-3-9-21-40(32)50/h2-29H,1H3/i2D,3D,4D,5D,6D. The van der Waals surface area contributed by atoms with E-state index in [-0.39, 0.29) is 0 Å². The fraction of sp³-hybridized carbons (Fsp3) is 0.0213. The average molecular weight is 671 g/mol. The van der Waals surface area contributed by atoms with E-state index >= 15 is 0 Å². The lowest BCUT2D eigenvalue weighted by Crippen LogP contribution is -2.08. The molecule has 52 heavy (non-hydrogen) atoms. The Morgan fingerprint density at radius 2 is 0.904 bits per heavy atom. The van der Waals surface area contributed by atoms with Gasteiger partial charge >= 0.3 is 0 Å². The molecule has 0 saturated carbocycles. The number of rotatable bonds is 4.